The van der Waals surface area contributed by atoms with Gasteiger partial charge in [-0.1, -0.05) is 0 Å². The molecule has 1 saturated heterocycles. The fraction of sp³-hybridized carbons (Fsp3) is 0.500. The molecule has 1 atom stereocenters. The number of carbonyl (C=O) groups excluding carboxylic acids is 1. The summed E-state index contributed by atoms with van der Waals surface area (Å²) in [5, 5.41) is 9.30. The van der Waals surface area contributed by atoms with Crippen LogP contribution in [0.2, 0.25) is 0 Å². The van der Waals surface area contributed by atoms with E-state index in [1.165, 1.54) is 7.11 Å². The number of rotatable bonds is 4. The van der Waals surface area contributed by atoms with Crippen molar-refractivity contribution in [2.24, 2.45) is 0 Å². The normalized spacial score (nSPS) is 18.5. The lowest BCUT2D eigenvalue weighted by Crippen LogP contribution is -2.37. The van der Waals surface area contributed by atoms with Gasteiger partial charge in [0.1, 0.15) is 11.5 Å². The Bertz CT molecular complexity index is 461. The molecule has 2 rings (SSSR count). The molecule has 1 N–H and O–H groups in total. The number of aliphatic hydroxyl groups excluding tert-OH is 1. The second kappa shape index (κ2) is 5.93. The number of benzene rings is 1. The summed E-state index contributed by atoms with van der Waals surface area (Å²) in [5.74, 6) is 1.04. The van der Waals surface area contributed by atoms with Crippen molar-refractivity contribution in [2.45, 2.75) is 18.9 Å². The highest BCUT2D eigenvalue weighted by molar-refractivity contribution is 5.97. The van der Waals surface area contributed by atoms with E-state index in [4.69, 9.17) is 9.47 Å². The van der Waals surface area contributed by atoms with Crippen LogP contribution in [0.5, 0.6) is 11.5 Å². The van der Waals surface area contributed by atoms with E-state index >= 15 is 0 Å². The van der Waals surface area contributed by atoms with Gasteiger partial charge in [-0.15, -0.1) is 0 Å². The monoisotopic (exact) mass is 265 g/mol. The molecular formula is C14H19NO4. The Morgan fingerprint density at radius 1 is 1.42 bits per heavy atom. The van der Waals surface area contributed by atoms with Crippen LogP contribution in [0.25, 0.3) is 0 Å². The van der Waals surface area contributed by atoms with Crippen LogP contribution in [0.4, 0.5) is 0 Å². The van der Waals surface area contributed by atoms with Gasteiger partial charge in [-0.2, -0.15) is 0 Å². The Kier molecular flexibility index (Phi) is 4.27. The Hall–Kier alpha value is -1.75. The second-order valence-electron chi connectivity index (χ2n) is 4.54. The lowest BCUT2D eigenvalue weighted by molar-refractivity contribution is 0.0674. The number of nitrogens with zero attached hydrogens (tertiary/aromatic N) is 1. The van der Waals surface area contributed by atoms with Gasteiger partial charge in [-0.3, -0.25) is 4.79 Å². The molecule has 1 aliphatic heterocycles. The summed E-state index contributed by atoms with van der Waals surface area (Å²) >= 11 is 0. The minimum absolute atomic E-state index is 0.00418. The first-order valence-electron chi connectivity index (χ1n) is 6.35. The number of likely N-dealkylation sites (tertiary alicyclic amines) is 1. The largest absolute Gasteiger partial charge is 0.497 e. The van der Waals surface area contributed by atoms with Crippen LogP contribution >= 0.6 is 0 Å². The number of hydrogen-bond donors (Lipinski definition) is 1. The molecule has 1 amide bonds. The predicted octanol–water partition coefficient (Wildman–Crippen LogP) is 1.30. The molecule has 5 nitrogen and oxygen atoms in total. The van der Waals surface area contributed by atoms with E-state index in [2.05, 4.69) is 0 Å². The molecule has 0 saturated carbocycles. The Morgan fingerprint density at radius 2 is 2.21 bits per heavy atom. The molecular weight excluding hydrogens is 246 g/mol. The van der Waals surface area contributed by atoms with E-state index in [0.717, 1.165) is 12.8 Å². The molecule has 0 radical (unpaired) electrons. The molecule has 5 heteroatoms. The molecule has 0 aromatic heterocycles. The maximum absolute atomic E-state index is 12.5. The Labute approximate surface area is 112 Å². The van der Waals surface area contributed by atoms with Gasteiger partial charge in [0.15, 0.2) is 0 Å². The minimum atomic E-state index is -0.101. The molecule has 1 aromatic carbocycles. The van der Waals surface area contributed by atoms with Crippen molar-refractivity contribution < 1.29 is 19.4 Å². The van der Waals surface area contributed by atoms with Crippen molar-refractivity contribution in [3.63, 3.8) is 0 Å². The third-order valence-electron chi connectivity index (χ3n) is 3.49. The van der Waals surface area contributed by atoms with Gasteiger partial charge in [0.05, 0.1) is 32.4 Å². The van der Waals surface area contributed by atoms with E-state index < -0.39 is 0 Å². The molecule has 0 unspecified atom stereocenters. The van der Waals surface area contributed by atoms with Crippen LogP contribution in [0.3, 0.4) is 0 Å². The number of carbonyl (C=O) groups is 1. The number of aliphatic hydroxyl groups is 1. The van der Waals surface area contributed by atoms with Crippen LogP contribution in [0, 0.1) is 0 Å². The molecule has 1 aliphatic rings. The van der Waals surface area contributed by atoms with Gasteiger partial charge in [0.25, 0.3) is 5.91 Å². The average molecular weight is 265 g/mol. The highest BCUT2D eigenvalue weighted by Gasteiger charge is 2.30. The lowest BCUT2D eigenvalue weighted by atomic mass is 10.1. The zero-order valence-electron chi connectivity index (χ0n) is 11.3. The highest BCUT2D eigenvalue weighted by Crippen LogP contribution is 2.28. The van der Waals surface area contributed by atoms with Gasteiger partial charge in [-0.05, 0) is 25.0 Å². The number of methoxy groups -OCH3 is 2. The first-order chi connectivity index (χ1) is 9.21. The van der Waals surface area contributed by atoms with E-state index in [1.54, 1.807) is 30.2 Å². The molecule has 0 spiro atoms. The maximum Gasteiger partial charge on any atom is 0.257 e. The lowest BCUT2D eigenvalue weighted by Gasteiger charge is -2.24. The average Bonchev–Trinajstić information content (AvgIpc) is 2.94. The van der Waals surface area contributed by atoms with E-state index in [-0.39, 0.29) is 18.6 Å². The summed E-state index contributed by atoms with van der Waals surface area (Å²) in [6.07, 6.45) is 1.77. The smallest absolute Gasteiger partial charge is 0.257 e. The number of hydrogen-bond acceptors (Lipinski definition) is 4. The topological polar surface area (TPSA) is 59.0 Å². The molecule has 1 heterocycles. The third kappa shape index (κ3) is 2.66. The first-order valence-corrected chi connectivity index (χ1v) is 6.35. The number of amides is 1. The molecule has 1 fully saturated rings. The summed E-state index contributed by atoms with van der Waals surface area (Å²) in [6.45, 7) is 0.684. The van der Waals surface area contributed by atoms with Crippen LogP contribution in [0.1, 0.15) is 23.2 Å². The van der Waals surface area contributed by atoms with E-state index in [9.17, 15) is 9.90 Å². The van der Waals surface area contributed by atoms with Gasteiger partial charge in [0, 0.05) is 12.6 Å². The second-order valence-corrected chi connectivity index (χ2v) is 4.54. The van der Waals surface area contributed by atoms with Crippen LogP contribution in [0.15, 0.2) is 18.2 Å². The van der Waals surface area contributed by atoms with Crippen LogP contribution in [-0.4, -0.2) is 49.3 Å². The summed E-state index contributed by atoms with van der Waals surface area (Å²) in [5.41, 5.74) is 0.503. The van der Waals surface area contributed by atoms with E-state index in [1.807, 2.05) is 0 Å². The van der Waals surface area contributed by atoms with Crippen LogP contribution in [-0.2, 0) is 0 Å². The molecule has 0 bridgehead atoms. The zero-order chi connectivity index (χ0) is 13.8. The van der Waals surface area contributed by atoms with Gasteiger partial charge in [-0.25, -0.2) is 0 Å². The van der Waals surface area contributed by atoms with Gasteiger partial charge < -0.3 is 19.5 Å². The fourth-order valence-electron chi connectivity index (χ4n) is 2.42. The maximum atomic E-state index is 12.5. The quantitative estimate of drug-likeness (QED) is 0.891. The summed E-state index contributed by atoms with van der Waals surface area (Å²) in [6, 6.07) is 5.04. The van der Waals surface area contributed by atoms with Crippen molar-refractivity contribution in [2.75, 3.05) is 27.4 Å². The predicted molar refractivity (Wildman–Crippen MR) is 70.7 cm³/mol. The minimum Gasteiger partial charge on any atom is -0.497 e. The molecule has 0 aliphatic carbocycles. The highest BCUT2D eigenvalue weighted by atomic mass is 16.5. The fourth-order valence-corrected chi connectivity index (χ4v) is 2.42. The zero-order valence-corrected chi connectivity index (χ0v) is 11.3. The van der Waals surface area contributed by atoms with Gasteiger partial charge in [0.2, 0.25) is 0 Å². The standard InChI is InChI=1S/C14H19NO4/c1-18-11-5-6-12(13(8-11)19-2)14(17)15-7-3-4-10(15)9-16/h5-6,8,10,16H,3-4,7,9H2,1-2H3/t10-/m0/s1. The Balaban J connectivity index is 2.28. The van der Waals surface area contributed by atoms with Crippen molar-refractivity contribution in [1.82, 2.24) is 4.90 Å². The van der Waals surface area contributed by atoms with Crippen molar-refractivity contribution in [3.8, 4) is 11.5 Å². The SMILES string of the molecule is COc1ccc(C(=O)N2CCC[C@H]2CO)c(OC)c1. The summed E-state index contributed by atoms with van der Waals surface area (Å²) in [4.78, 5) is 14.2. The van der Waals surface area contributed by atoms with Crippen LogP contribution < -0.4 is 9.47 Å². The first kappa shape index (κ1) is 13.7. The number of ether oxygens (including phenoxy) is 2. The molecule has 104 valence electrons. The molecule has 1 aromatic rings. The van der Waals surface area contributed by atoms with E-state index in [0.29, 0.717) is 23.6 Å². The van der Waals surface area contributed by atoms with Crippen molar-refractivity contribution in [1.29, 1.82) is 0 Å². The van der Waals surface area contributed by atoms with Crippen molar-refractivity contribution >= 4 is 5.91 Å². The summed E-state index contributed by atoms with van der Waals surface area (Å²) in [7, 11) is 3.09. The molecule has 19 heavy (non-hydrogen) atoms. The summed E-state index contributed by atoms with van der Waals surface area (Å²) < 4.78 is 10.4. The van der Waals surface area contributed by atoms with Gasteiger partial charge >= 0.3 is 0 Å². The Morgan fingerprint density at radius 3 is 2.84 bits per heavy atom. The van der Waals surface area contributed by atoms with Crippen molar-refractivity contribution in [3.05, 3.63) is 23.8 Å². The third-order valence-corrected chi connectivity index (χ3v) is 3.49.